The summed E-state index contributed by atoms with van der Waals surface area (Å²) in [5, 5.41) is 0. The number of allylic oxidation sites excluding steroid dienone is 2. The zero-order chi connectivity index (χ0) is 14.2. The van der Waals surface area contributed by atoms with Gasteiger partial charge in [0.25, 0.3) is 0 Å². The van der Waals surface area contributed by atoms with Crippen LogP contribution in [0.5, 0.6) is 0 Å². The zero-order valence-corrected chi connectivity index (χ0v) is 12.8. The summed E-state index contributed by atoms with van der Waals surface area (Å²) in [6.45, 7) is 6.24. The Morgan fingerprint density at radius 3 is 2.17 bits per heavy atom. The van der Waals surface area contributed by atoms with Gasteiger partial charge in [0.05, 0.1) is 0 Å². The minimum absolute atomic E-state index is 0.797. The summed E-state index contributed by atoms with van der Waals surface area (Å²) in [6.07, 6.45) is 22.3. The molecule has 1 aliphatic carbocycles. The van der Waals surface area contributed by atoms with Crippen molar-refractivity contribution < 1.29 is 0 Å². The minimum atomic E-state index is 0.797. The summed E-state index contributed by atoms with van der Waals surface area (Å²) >= 11 is 0. The van der Waals surface area contributed by atoms with Crippen LogP contribution in [0.15, 0.2) is 11.8 Å². The Kier molecular flexibility index (Phi) is 17.4. The molecule has 1 rings (SSSR count). The predicted octanol–water partition coefficient (Wildman–Crippen LogP) is 5.27. The number of rotatable bonds is 5. The van der Waals surface area contributed by atoms with Crippen molar-refractivity contribution in [3.8, 4) is 12.8 Å². The van der Waals surface area contributed by atoms with Gasteiger partial charge in [-0.05, 0) is 31.6 Å². The molecule has 0 bridgehead atoms. The van der Waals surface area contributed by atoms with E-state index in [1.165, 1.54) is 51.4 Å². The van der Waals surface area contributed by atoms with Crippen molar-refractivity contribution in [2.45, 2.75) is 78.6 Å². The molecule has 0 unspecified atom stereocenters. The highest BCUT2D eigenvalue weighted by molar-refractivity contribution is 5.00. The molecule has 0 spiro atoms. The molecular formula is C17H33N. The average molecular weight is 251 g/mol. The van der Waals surface area contributed by atoms with Crippen molar-refractivity contribution in [1.82, 2.24) is 0 Å². The molecule has 0 radical (unpaired) electrons. The van der Waals surface area contributed by atoms with E-state index in [2.05, 4.69) is 25.8 Å². The van der Waals surface area contributed by atoms with Gasteiger partial charge in [0.2, 0.25) is 0 Å². The number of unbranched alkanes of at least 4 members (excludes halogenated alkanes) is 2. The second kappa shape index (κ2) is 16.1. The summed E-state index contributed by atoms with van der Waals surface area (Å²) < 4.78 is 0. The maximum atomic E-state index is 6.01. The van der Waals surface area contributed by atoms with E-state index in [9.17, 15) is 0 Å². The maximum absolute atomic E-state index is 6.01. The van der Waals surface area contributed by atoms with Crippen LogP contribution in [0.3, 0.4) is 0 Å². The van der Waals surface area contributed by atoms with Crippen molar-refractivity contribution in [2.75, 3.05) is 0 Å². The summed E-state index contributed by atoms with van der Waals surface area (Å²) in [5.41, 5.74) is 7.15. The quantitative estimate of drug-likeness (QED) is 0.523. The number of hydrogen-bond acceptors (Lipinski definition) is 1. The van der Waals surface area contributed by atoms with Gasteiger partial charge in [0, 0.05) is 5.70 Å². The van der Waals surface area contributed by atoms with Crippen LogP contribution >= 0.6 is 0 Å². The molecule has 0 heterocycles. The summed E-state index contributed by atoms with van der Waals surface area (Å²) in [6, 6.07) is 0. The first-order valence-corrected chi connectivity index (χ1v) is 7.62. The van der Waals surface area contributed by atoms with Gasteiger partial charge < -0.3 is 5.73 Å². The third kappa shape index (κ3) is 11.6. The Bertz CT molecular complexity index is 197. The Morgan fingerprint density at radius 1 is 1.11 bits per heavy atom. The van der Waals surface area contributed by atoms with Gasteiger partial charge in [0.15, 0.2) is 0 Å². The molecule has 1 fully saturated rings. The fourth-order valence-corrected chi connectivity index (χ4v) is 2.27. The van der Waals surface area contributed by atoms with Gasteiger partial charge in [-0.15, -0.1) is 12.8 Å². The second-order valence-electron chi connectivity index (χ2n) is 4.60. The molecule has 1 heteroatoms. The van der Waals surface area contributed by atoms with Crippen LogP contribution in [0.1, 0.15) is 78.6 Å². The molecule has 106 valence electrons. The Morgan fingerprint density at radius 2 is 1.67 bits per heavy atom. The third-order valence-corrected chi connectivity index (χ3v) is 3.17. The number of nitrogens with two attached hydrogens (primary N) is 1. The Balaban J connectivity index is 0. The SMILES string of the molecule is C#C.CC.CCCCC/C(N)=C\C1CCCCC1. The molecule has 1 saturated carbocycles. The van der Waals surface area contributed by atoms with Crippen LogP contribution < -0.4 is 5.73 Å². The van der Waals surface area contributed by atoms with Crippen LogP contribution in [-0.2, 0) is 0 Å². The highest BCUT2D eigenvalue weighted by Crippen LogP contribution is 2.25. The van der Waals surface area contributed by atoms with E-state index in [1.54, 1.807) is 0 Å². The van der Waals surface area contributed by atoms with Gasteiger partial charge >= 0.3 is 0 Å². The standard InChI is InChI=1S/C13H25N.C2H6.C2H2/c1-2-3-5-10-13(14)11-12-8-6-4-7-9-12;2*1-2/h11-12H,2-10,14H2,1H3;1-2H3;1-2H/b13-11+;;. The molecule has 1 aliphatic rings. The number of hydrogen-bond donors (Lipinski definition) is 1. The molecule has 0 aliphatic heterocycles. The van der Waals surface area contributed by atoms with E-state index < -0.39 is 0 Å². The van der Waals surface area contributed by atoms with Crippen LogP contribution in [-0.4, -0.2) is 0 Å². The van der Waals surface area contributed by atoms with E-state index in [-0.39, 0.29) is 0 Å². The van der Waals surface area contributed by atoms with Crippen molar-refractivity contribution in [2.24, 2.45) is 11.7 Å². The smallest absolute Gasteiger partial charge is 0.00427 e. The summed E-state index contributed by atoms with van der Waals surface area (Å²) in [5.74, 6) is 0.797. The lowest BCUT2D eigenvalue weighted by atomic mass is 9.88. The predicted molar refractivity (Wildman–Crippen MR) is 84.2 cm³/mol. The van der Waals surface area contributed by atoms with E-state index >= 15 is 0 Å². The minimum Gasteiger partial charge on any atom is -0.402 e. The van der Waals surface area contributed by atoms with E-state index in [4.69, 9.17) is 5.73 Å². The van der Waals surface area contributed by atoms with Gasteiger partial charge in [-0.25, -0.2) is 0 Å². The van der Waals surface area contributed by atoms with Crippen LogP contribution in [0.25, 0.3) is 0 Å². The fraction of sp³-hybridized carbons (Fsp3) is 0.765. The van der Waals surface area contributed by atoms with E-state index in [0.717, 1.165) is 18.0 Å². The van der Waals surface area contributed by atoms with Crippen molar-refractivity contribution in [3.05, 3.63) is 11.8 Å². The first-order chi connectivity index (χ1) is 8.83. The average Bonchev–Trinajstić information content (AvgIpc) is 2.45. The van der Waals surface area contributed by atoms with Crippen molar-refractivity contribution in [1.29, 1.82) is 0 Å². The van der Waals surface area contributed by atoms with Gasteiger partial charge in [-0.2, -0.15) is 0 Å². The first kappa shape index (κ1) is 19.4. The number of terminal acetylenes is 1. The third-order valence-electron chi connectivity index (χ3n) is 3.17. The normalized spacial score (nSPS) is 15.9. The van der Waals surface area contributed by atoms with Gasteiger partial charge in [-0.1, -0.05) is 59.0 Å². The van der Waals surface area contributed by atoms with Gasteiger partial charge in [0.1, 0.15) is 0 Å². The van der Waals surface area contributed by atoms with Crippen LogP contribution in [0, 0.1) is 18.8 Å². The zero-order valence-electron chi connectivity index (χ0n) is 12.8. The molecule has 0 amide bonds. The van der Waals surface area contributed by atoms with E-state index in [0.29, 0.717) is 0 Å². The lowest BCUT2D eigenvalue weighted by molar-refractivity contribution is 0.417. The summed E-state index contributed by atoms with van der Waals surface area (Å²) in [7, 11) is 0. The Hall–Kier alpha value is -0.900. The molecule has 2 N–H and O–H groups in total. The lowest BCUT2D eigenvalue weighted by Crippen LogP contribution is -2.07. The topological polar surface area (TPSA) is 26.0 Å². The molecule has 0 aromatic rings. The van der Waals surface area contributed by atoms with Crippen molar-refractivity contribution in [3.63, 3.8) is 0 Å². The first-order valence-electron chi connectivity index (χ1n) is 7.62. The fourth-order valence-electron chi connectivity index (χ4n) is 2.27. The molecular weight excluding hydrogens is 218 g/mol. The monoisotopic (exact) mass is 251 g/mol. The largest absolute Gasteiger partial charge is 0.402 e. The highest BCUT2D eigenvalue weighted by Gasteiger charge is 2.10. The second-order valence-corrected chi connectivity index (χ2v) is 4.60. The van der Waals surface area contributed by atoms with Gasteiger partial charge in [-0.3, -0.25) is 0 Å². The van der Waals surface area contributed by atoms with Crippen molar-refractivity contribution >= 4 is 0 Å². The molecule has 0 aromatic heterocycles. The lowest BCUT2D eigenvalue weighted by Gasteiger charge is -2.18. The van der Waals surface area contributed by atoms with Crippen LogP contribution in [0.2, 0.25) is 0 Å². The molecule has 0 saturated heterocycles. The molecule has 18 heavy (non-hydrogen) atoms. The molecule has 0 aromatic carbocycles. The maximum Gasteiger partial charge on any atom is 0.00427 e. The Labute approximate surface area is 115 Å². The summed E-state index contributed by atoms with van der Waals surface area (Å²) in [4.78, 5) is 0. The van der Waals surface area contributed by atoms with E-state index in [1.807, 2.05) is 13.8 Å². The van der Waals surface area contributed by atoms with Crippen LogP contribution in [0.4, 0.5) is 0 Å². The highest BCUT2D eigenvalue weighted by atomic mass is 14.6. The molecule has 1 nitrogen and oxygen atoms in total. The molecule has 0 atom stereocenters.